The number of ether oxygens (including phenoxy) is 2. The molecule has 6 nitrogen and oxygen atoms in total. The minimum atomic E-state index is -1.27. The molecule has 0 aliphatic carbocycles. The van der Waals surface area contributed by atoms with Crippen molar-refractivity contribution in [1.82, 2.24) is 5.32 Å². The van der Waals surface area contributed by atoms with Crippen LogP contribution < -0.4 is 5.32 Å². The van der Waals surface area contributed by atoms with Crippen LogP contribution in [0.2, 0.25) is 0 Å². The normalized spacial score (nSPS) is 37.0. The summed E-state index contributed by atoms with van der Waals surface area (Å²) in [4.78, 5) is 23.1. The maximum Gasteiger partial charge on any atom is 0.331 e. The molecule has 2 heterocycles. The number of carbonyl (C=O) groups is 2. The molecule has 0 saturated carbocycles. The molecule has 0 aromatic carbocycles. The molecule has 1 amide bonds. The van der Waals surface area contributed by atoms with Gasteiger partial charge in [-0.1, -0.05) is 0 Å². The van der Waals surface area contributed by atoms with Crippen LogP contribution >= 0.6 is 0 Å². The molecular formula is C11H17NO5. The highest BCUT2D eigenvalue weighted by Gasteiger charge is 2.45. The van der Waals surface area contributed by atoms with E-state index in [0.717, 1.165) is 6.42 Å². The Hall–Kier alpha value is -1.14. The minimum Gasteiger partial charge on any atom is -0.479 e. The van der Waals surface area contributed by atoms with E-state index in [1.807, 2.05) is 6.92 Å². The summed E-state index contributed by atoms with van der Waals surface area (Å²) >= 11 is 0. The summed E-state index contributed by atoms with van der Waals surface area (Å²) in [6.45, 7) is 2.28. The van der Waals surface area contributed by atoms with E-state index in [-0.39, 0.29) is 18.6 Å². The summed E-state index contributed by atoms with van der Waals surface area (Å²) < 4.78 is 10.5. The number of aliphatic carboxylic acids is 1. The van der Waals surface area contributed by atoms with Crippen molar-refractivity contribution in [3.8, 4) is 0 Å². The molecule has 2 N–H and O–H groups in total. The number of hydrogen-bond acceptors (Lipinski definition) is 4. The lowest BCUT2D eigenvalue weighted by molar-refractivity contribution is -0.149. The highest BCUT2D eigenvalue weighted by Crippen LogP contribution is 2.23. The fourth-order valence-corrected chi connectivity index (χ4v) is 2.20. The van der Waals surface area contributed by atoms with Crippen molar-refractivity contribution in [1.29, 1.82) is 0 Å². The molecule has 96 valence electrons. The van der Waals surface area contributed by atoms with Gasteiger partial charge >= 0.3 is 5.97 Å². The van der Waals surface area contributed by atoms with Crippen LogP contribution in [0.25, 0.3) is 0 Å². The van der Waals surface area contributed by atoms with E-state index in [2.05, 4.69) is 5.32 Å². The molecular weight excluding hydrogens is 226 g/mol. The Morgan fingerprint density at radius 3 is 2.65 bits per heavy atom. The summed E-state index contributed by atoms with van der Waals surface area (Å²) in [7, 11) is 0. The second kappa shape index (κ2) is 4.62. The van der Waals surface area contributed by atoms with Crippen molar-refractivity contribution < 1.29 is 24.2 Å². The van der Waals surface area contributed by atoms with Gasteiger partial charge in [-0.15, -0.1) is 0 Å². The SMILES string of the molecule is CC1CCC(C(=O)NC2(C(=O)O)CCOC2)O1. The molecule has 2 saturated heterocycles. The predicted octanol–water partition coefficient (Wildman–Crippen LogP) is -0.0862. The van der Waals surface area contributed by atoms with E-state index < -0.39 is 17.6 Å². The van der Waals surface area contributed by atoms with Crippen molar-refractivity contribution in [3.05, 3.63) is 0 Å². The van der Waals surface area contributed by atoms with E-state index in [4.69, 9.17) is 9.47 Å². The first kappa shape index (κ1) is 12.3. The Morgan fingerprint density at radius 2 is 2.18 bits per heavy atom. The van der Waals surface area contributed by atoms with E-state index >= 15 is 0 Å². The molecule has 0 aromatic heterocycles. The van der Waals surface area contributed by atoms with Gasteiger partial charge in [0.15, 0.2) is 5.54 Å². The molecule has 0 aromatic rings. The maximum absolute atomic E-state index is 11.9. The molecule has 0 bridgehead atoms. The Labute approximate surface area is 99.3 Å². The highest BCUT2D eigenvalue weighted by atomic mass is 16.5. The second-order valence-electron chi connectivity index (χ2n) is 4.69. The first-order chi connectivity index (χ1) is 8.03. The third kappa shape index (κ3) is 2.42. The molecule has 2 aliphatic rings. The Balaban J connectivity index is 1.99. The zero-order chi connectivity index (χ0) is 12.5. The van der Waals surface area contributed by atoms with Gasteiger partial charge in [-0.2, -0.15) is 0 Å². The number of carboxylic acid groups (broad SMARTS) is 1. The Bertz CT molecular complexity index is 324. The Morgan fingerprint density at radius 1 is 1.41 bits per heavy atom. The van der Waals surface area contributed by atoms with E-state index in [9.17, 15) is 14.7 Å². The maximum atomic E-state index is 11.9. The lowest BCUT2D eigenvalue weighted by Gasteiger charge is -2.25. The fraction of sp³-hybridized carbons (Fsp3) is 0.818. The van der Waals surface area contributed by atoms with Gasteiger partial charge in [0.2, 0.25) is 5.91 Å². The smallest absolute Gasteiger partial charge is 0.331 e. The molecule has 0 spiro atoms. The van der Waals surface area contributed by atoms with Crippen LogP contribution in [0.3, 0.4) is 0 Å². The van der Waals surface area contributed by atoms with Crippen LogP contribution in [-0.4, -0.2) is 47.9 Å². The molecule has 0 radical (unpaired) electrons. The van der Waals surface area contributed by atoms with Gasteiger partial charge in [0.1, 0.15) is 6.10 Å². The highest BCUT2D eigenvalue weighted by molar-refractivity contribution is 5.89. The average Bonchev–Trinajstić information content (AvgIpc) is 2.87. The number of rotatable bonds is 3. The Kier molecular flexibility index (Phi) is 3.35. The summed E-state index contributed by atoms with van der Waals surface area (Å²) in [5, 5.41) is 11.7. The van der Waals surface area contributed by atoms with Crippen LogP contribution in [0.5, 0.6) is 0 Å². The summed E-state index contributed by atoms with van der Waals surface area (Å²) in [6, 6.07) is 0. The van der Waals surface area contributed by atoms with Gasteiger partial charge < -0.3 is 19.9 Å². The van der Waals surface area contributed by atoms with Crippen LogP contribution in [0.4, 0.5) is 0 Å². The van der Waals surface area contributed by atoms with Gasteiger partial charge in [-0.3, -0.25) is 4.79 Å². The lowest BCUT2D eigenvalue weighted by atomic mass is 9.98. The number of carboxylic acids is 1. The first-order valence-electron chi connectivity index (χ1n) is 5.82. The quantitative estimate of drug-likeness (QED) is 0.724. The van der Waals surface area contributed by atoms with Crippen molar-refractivity contribution in [2.45, 2.75) is 43.9 Å². The molecule has 2 fully saturated rings. The van der Waals surface area contributed by atoms with Gasteiger partial charge in [-0.05, 0) is 19.8 Å². The number of nitrogens with one attached hydrogen (secondary N) is 1. The van der Waals surface area contributed by atoms with Crippen LogP contribution in [0, 0.1) is 0 Å². The van der Waals surface area contributed by atoms with Gasteiger partial charge in [0.25, 0.3) is 0 Å². The largest absolute Gasteiger partial charge is 0.479 e. The predicted molar refractivity (Wildman–Crippen MR) is 57.5 cm³/mol. The fourth-order valence-electron chi connectivity index (χ4n) is 2.20. The van der Waals surface area contributed by atoms with Crippen LogP contribution in [0.15, 0.2) is 0 Å². The molecule has 17 heavy (non-hydrogen) atoms. The molecule has 2 rings (SSSR count). The lowest BCUT2D eigenvalue weighted by Crippen LogP contribution is -2.57. The topological polar surface area (TPSA) is 84.9 Å². The van der Waals surface area contributed by atoms with Crippen molar-refractivity contribution >= 4 is 11.9 Å². The van der Waals surface area contributed by atoms with Gasteiger partial charge in [0.05, 0.1) is 12.7 Å². The third-order valence-corrected chi connectivity index (χ3v) is 3.32. The minimum absolute atomic E-state index is 0.0242. The van der Waals surface area contributed by atoms with Crippen molar-refractivity contribution in [2.75, 3.05) is 13.2 Å². The van der Waals surface area contributed by atoms with E-state index in [0.29, 0.717) is 19.4 Å². The first-order valence-corrected chi connectivity index (χ1v) is 5.82. The number of hydrogen-bond donors (Lipinski definition) is 2. The van der Waals surface area contributed by atoms with E-state index in [1.54, 1.807) is 0 Å². The molecule has 2 aliphatic heterocycles. The van der Waals surface area contributed by atoms with Crippen molar-refractivity contribution in [2.24, 2.45) is 0 Å². The van der Waals surface area contributed by atoms with E-state index in [1.165, 1.54) is 0 Å². The van der Waals surface area contributed by atoms with Gasteiger partial charge in [0, 0.05) is 13.0 Å². The van der Waals surface area contributed by atoms with Crippen LogP contribution in [0.1, 0.15) is 26.2 Å². The summed E-state index contributed by atoms with van der Waals surface area (Å²) in [6.07, 6.45) is 1.31. The van der Waals surface area contributed by atoms with Gasteiger partial charge in [-0.25, -0.2) is 4.79 Å². The summed E-state index contributed by atoms with van der Waals surface area (Å²) in [5.74, 6) is -1.39. The average molecular weight is 243 g/mol. The number of carbonyl (C=O) groups excluding carboxylic acids is 1. The number of amides is 1. The standard InChI is InChI=1S/C11H17NO5/c1-7-2-3-8(17-7)9(13)12-11(10(14)15)4-5-16-6-11/h7-8H,2-6H2,1H3,(H,12,13)(H,14,15). The van der Waals surface area contributed by atoms with Crippen molar-refractivity contribution in [3.63, 3.8) is 0 Å². The second-order valence-corrected chi connectivity index (χ2v) is 4.69. The zero-order valence-corrected chi connectivity index (χ0v) is 9.77. The van der Waals surface area contributed by atoms with Crippen LogP contribution in [-0.2, 0) is 19.1 Å². The monoisotopic (exact) mass is 243 g/mol. The molecule has 3 atom stereocenters. The third-order valence-electron chi connectivity index (χ3n) is 3.32. The molecule has 3 unspecified atom stereocenters. The summed E-state index contributed by atoms with van der Waals surface area (Å²) in [5.41, 5.74) is -1.27. The zero-order valence-electron chi connectivity index (χ0n) is 9.77. The molecule has 6 heteroatoms.